The predicted octanol–water partition coefficient (Wildman–Crippen LogP) is 3.71. The van der Waals surface area contributed by atoms with Crippen LogP contribution in [0.4, 0.5) is 18.0 Å². The molecule has 0 spiro atoms. The van der Waals surface area contributed by atoms with Crippen LogP contribution in [-0.2, 0) is 6.54 Å². The first-order valence-electron chi connectivity index (χ1n) is 8.35. The number of likely N-dealkylation sites (tertiary alicyclic amines) is 1. The first kappa shape index (κ1) is 18.6. The first-order valence-corrected chi connectivity index (χ1v) is 8.35. The second-order valence-corrected chi connectivity index (χ2v) is 6.43. The van der Waals surface area contributed by atoms with Gasteiger partial charge in [-0.15, -0.1) is 0 Å². The van der Waals surface area contributed by atoms with Crippen molar-refractivity contribution in [3.63, 3.8) is 0 Å². The number of hydrogen-bond donors (Lipinski definition) is 1. The van der Waals surface area contributed by atoms with Crippen LogP contribution in [0.15, 0.2) is 0 Å². The average Bonchev–Trinajstić information content (AvgIpc) is 2.68. The van der Waals surface area contributed by atoms with Gasteiger partial charge in [0.1, 0.15) is 6.54 Å². The lowest BCUT2D eigenvalue weighted by atomic mass is 10.1. The summed E-state index contributed by atoms with van der Waals surface area (Å²) in [6.45, 7) is 5.39. The molecule has 1 saturated heterocycles. The highest BCUT2D eigenvalue weighted by atomic mass is 19.4. The molecular formula is C16H25F3N4O. The Morgan fingerprint density at radius 3 is 2.33 bits per heavy atom. The van der Waals surface area contributed by atoms with E-state index in [1.54, 1.807) is 25.7 Å². The molecule has 0 bridgehead atoms. The zero-order valence-corrected chi connectivity index (χ0v) is 14.4. The average molecular weight is 346 g/mol. The van der Waals surface area contributed by atoms with Crippen LogP contribution in [-0.4, -0.2) is 40.0 Å². The monoisotopic (exact) mass is 346 g/mol. The molecule has 8 heteroatoms. The number of nitrogens with zero attached hydrogens (tertiary/aromatic N) is 3. The number of alkyl halides is 3. The Bertz CT molecular complexity index is 575. The van der Waals surface area contributed by atoms with E-state index >= 15 is 0 Å². The van der Waals surface area contributed by atoms with E-state index in [0.717, 1.165) is 43.5 Å². The molecule has 2 heterocycles. The maximum atomic E-state index is 12.6. The SMILES string of the molecule is Cc1nn(CC(F)(F)F)c(C)c1[C@H](C)NC(=O)N1CCCCCC1. The predicted molar refractivity (Wildman–Crippen MR) is 84.7 cm³/mol. The second kappa shape index (κ2) is 7.44. The van der Waals surface area contributed by atoms with Crippen molar-refractivity contribution in [1.29, 1.82) is 0 Å². The lowest BCUT2D eigenvalue weighted by Gasteiger charge is -2.24. The van der Waals surface area contributed by atoms with Crippen LogP contribution in [0, 0.1) is 13.8 Å². The Labute approximate surface area is 140 Å². The van der Waals surface area contributed by atoms with Crippen molar-refractivity contribution >= 4 is 6.03 Å². The number of urea groups is 1. The quantitative estimate of drug-likeness (QED) is 0.907. The summed E-state index contributed by atoms with van der Waals surface area (Å²) in [4.78, 5) is 14.2. The summed E-state index contributed by atoms with van der Waals surface area (Å²) < 4.78 is 38.8. The summed E-state index contributed by atoms with van der Waals surface area (Å²) in [6.07, 6.45) is -0.0880. The van der Waals surface area contributed by atoms with Gasteiger partial charge in [0.25, 0.3) is 0 Å². The zero-order chi connectivity index (χ0) is 17.9. The number of carbonyl (C=O) groups excluding carboxylic acids is 1. The molecule has 5 nitrogen and oxygen atoms in total. The third-order valence-corrected chi connectivity index (χ3v) is 4.43. The molecule has 2 amide bonds. The molecule has 1 atom stereocenters. The van der Waals surface area contributed by atoms with E-state index in [0.29, 0.717) is 17.0 Å². The normalized spacial score (nSPS) is 17.5. The summed E-state index contributed by atoms with van der Waals surface area (Å²) >= 11 is 0. The van der Waals surface area contributed by atoms with Crippen LogP contribution in [0.2, 0.25) is 0 Å². The fourth-order valence-corrected chi connectivity index (χ4v) is 3.28. The molecular weight excluding hydrogens is 321 g/mol. The van der Waals surface area contributed by atoms with E-state index in [4.69, 9.17) is 0 Å². The third-order valence-electron chi connectivity index (χ3n) is 4.43. The summed E-state index contributed by atoms with van der Waals surface area (Å²) in [5.41, 5.74) is 1.61. The van der Waals surface area contributed by atoms with Crippen LogP contribution in [0.25, 0.3) is 0 Å². The van der Waals surface area contributed by atoms with E-state index in [-0.39, 0.29) is 12.1 Å². The molecule has 1 aromatic heterocycles. The number of halogens is 3. The molecule has 24 heavy (non-hydrogen) atoms. The molecule has 1 N–H and O–H groups in total. The van der Waals surface area contributed by atoms with Gasteiger partial charge in [-0.2, -0.15) is 18.3 Å². The number of amides is 2. The minimum Gasteiger partial charge on any atom is -0.331 e. The maximum absolute atomic E-state index is 12.6. The van der Waals surface area contributed by atoms with E-state index in [2.05, 4.69) is 10.4 Å². The number of aryl methyl sites for hydroxylation is 1. The Hall–Kier alpha value is -1.73. The van der Waals surface area contributed by atoms with E-state index < -0.39 is 12.7 Å². The Balaban J connectivity index is 2.09. The Morgan fingerprint density at radius 1 is 1.21 bits per heavy atom. The zero-order valence-electron chi connectivity index (χ0n) is 14.4. The van der Waals surface area contributed by atoms with Crippen LogP contribution < -0.4 is 5.32 Å². The fourth-order valence-electron chi connectivity index (χ4n) is 3.28. The van der Waals surface area contributed by atoms with Gasteiger partial charge in [0.2, 0.25) is 0 Å². The third kappa shape index (κ3) is 4.64. The van der Waals surface area contributed by atoms with Crippen molar-refractivity contribution in [2.75, 3.05) is 13.1 Å². The number of nitrogens with one attached hydrogen (secondary N) is 1. The Morgan fingerprint density at radius 2 is 1.79 bits per heavy atom. The van der Waals surface area contributed by atoms with Crippen molar-refractivity contribution in [2.24, 2.45) is 0 Å². The molecule has 2 rings (SSSR count). The lowest BCUT2D eigenvalue weighted by Crippen LogP contribution is -2.41. The molecule has 0 saturated carbocycles. The highest BCUT2D eigenvalue weighted by molar-refractivity contribution is 5.74. The number of rotatable bonds is 3. The molecule has 136 valence electrons. The van der Waals surface area contributed by atoms with E-state index in [1.807, 2.05) is 0 Å². The van der Waals surface area contributed by atoms with Crippen molar-refractivity contribution in [1.82, 2.24) is 20.0 Å². The van der Waals surface area contributed by atoms with Crippen LogP contribution in [0.5, 0.6) is 0 Å². The van der Waals surface area contributed by atoms with Gasteiger partial charge in [0.15, 0.2) is 0 Å². The smallest absolute Gasteiger partial charge is 0.331 e. The van der Waals surface area contributed by atoms with Gasteiger partial charge in [0, 0.05) is 24.3 Å². The minimum atomic E-state index is -4.32. The van der Waals surface area contributed by atoms with Crippen molar-refractivity contribution in [3.05, 3.63) is 17.0 Å². The molecule has 1 aromatic rings. The van der Waals surface area contributed by atoms with Gasteiger partial charge in [-0.1, -0.05) is 12.8 Å². The first-order chi connectivity index (χ1) is 11.2. The van der Waals surface area contributed by atoms with Crippen LogP contribution in [0.3, 0.4) is 0 Å². The highest BCUT2D eigenvalue weighted by Gasteiger charge is 2.31. The highest BCUT2D eigenvalue weighted by Crippen LogP contribution is 2.25. The summed E-state index contributed by atoms with van der Waals surface area (Å²) in [5, 5.41) is 6.89. The van der Waals surface area contributed by atoms with E-state index in [9.17, 15) is 18.0 Å². The second-order valence-electron chi connectivity index (χ2n) is 6.43. The van der Waals surface area contributed by atoms with Gasteiger partial charge in [-0.05, 0) is 33.6 Å². The standard InChI is InChI=1S/C16H25F3N4O/c1-11(20-15(24)22-8-6-4-5-7-9-22)14-12(2)21-23(13(14)3)10-16(17,18)19/h11H,4-10H2,1-3H3,(H,20,24)/t11-/m0/s1. The largest absolute Gasteiger partial charge is 0.408 e. The van der Waals surface area contributed by atoms with Gasteiger partial charge < -0.3 is 10.2 Å². The molecule has 1 fully saturated rings. The summed E-state index contributed by atoms with van der Waals surface area (Å²) in [6, 6.07) is -0.547. The molecule has 0 radical (unpaired) electrons. The van der Waals surface area contributed by atoms with Gasteiger partial charge >= 0.3 is 12.2 Å². The number of carbonyl (C=O) groups is 1. The van der Waals surface area contributed by atoms with Crippen molar-refractivity contribution in [3.8, 4) is 0 Å². The molecule has 1 aliphatic rings. The van der Waals surface area contributed by atoms with Crippen molar-refractivity contribution in [2.45, 2.75) is 65.2 Å². The maximum Gasteiger partial charge on any atom is 0.408 e. The van der Waals surface area contributed by atoms with Gasteiger partial charge in [0.05, 0.1) is 11.7 Å². The van der Waals surface area contributed by atoms with Gasteiger partial charge in [-0.25, -0.2) is 4.79 Å². The minimum absolute atomic E-state index is 0.160. The Kier molecular flexibility index (Phi) is 5.77. The van der Waals surface area contributed by atoms with Crippen molar-refractivity contribution < 1.29 is 18.0 Å². The molecule has 0 unspecified atom stereocenters. The summed E-state index contributed by atoms with van der Waals surface area (Å²) in [5.74, 6) is 0. The van der Waals surface area contributed by atoms with Crippen LogP contribution in [0.1, 0.15) is 55.6 Å². The van der Waals surface area contributed by atoms with E-state index in [1.165, 1.54) is 0 Å². The number of hydrogen-bond acceptors (Lipinski definition) is 2. The molecule has 0 aliphatic carbocycles. The lowest BCUT2D eigenvalue weighted by molar-refractivity contribution is -0.143. The molecule has 1 aliphatic heterocycles. The topological polar surface area (TPSA) is 50.2 Å². The fraction of sp³-hybridized carbons (Fsp3) is 0.750. The molecule has 0 aromatic carbocycles. The van der Waals surface area contributed by atoms with Gasteiger partial charge in [-0.3, -0.25) is 4.68 Å². The number of aromatic nitrogens is 2. The van der Waals surface area contributed by atoms with Crippen LogP contribution >= 0.6 is 0 Å². The summed E-state index contributed by atoms with van der Waals surface area (Å²) in [7, 11) is 0.